The number of fused-ring (bicyclic) bond motifs is 1. The van der Waals surface area contributed by atoms with E-state index >= 15 is 0 Å². The van der Waals surface area contributed by atoms with Crippen LogP contribution in [0, 0.1) is 5.82 Å². The van der Waals surface area contributed by atoms with Gasteiger partial charge in [0.15, 0.2) is 6.23 Å². The summed E-state index contributed by atoms with van der Waals surface area (Å²) in [4.78, 5) is 12.9. The van der Waals surface area contributed by atoms with Crippen LogP contribution in [0.2, 0.25) is 5.02 Å². The van der Waals surface area contributed by atoms with E-state index in [1.165, 1.54) is 11.4 Å². The van der Waals surface area contributed by atoms with E-state index < -0.39 is 23.8 Å². The molecular formula is C20H16ClF4N3O. The lowest BCUT2D eigenvalue weighted by Crippen LogP contribution is -2.24. The summed E-state index contributed by atoms with van der Waals surface area (Å²) in [5.74, 6) is -0.933. The first kappa shape index (κ1) is 19.7. The van der Waals surface area contributed by atoms with E-state index in [9.17, 15) is 17.6 Å². The molecule has 0 bridgehead atoms. The Bertz CT molecular complexity index is 1060. The fraction of sp³-hybridized carbons (Fsp3) is 0.250. The molecule has 152 valence electrons. The zero-order valence-corrected chi connectivity index (χ0v) is 15.8. The van der Waals surface area contributed by atoms with Crippen LogP contribution >= 0.6 is 11.6 Å². The second-order valence-corrected chi connectivity index (χ2v) is 7.16. The lowest BCUT2D eigenvalue weighted by Gasteiger charge is -2.18. The largest absolute Gasteiger partial charge is 0.416 e. The van der Waals surface area contributed by atoms with Crippen LogP contribution in [-0.2, 0) is 23.9 Å². The number of nitrogens with zero attached hydrogens (tertiary/aromatic N) is 2. The van der Waals surface area contributed by atoms with Crippen molar-refractivity contribution in [3.8, 4) is 0 Å². The van der Waals surface area contributed by atoms with Gasteiger partial charge < -0.3 is 4.98 Å². The number of hydrogen-bond donors (Lipinski definition) is 1. The van der Waals surface area contributed by atoms with Crippen molar-refractivity contribution in [2.45, 2.75) is 25.2 Å². The molecule has 3 aromatic rings. The molecule has 1 aromatic heterocycles. The topological polar surface area (TPSA) is 40.6 Å². The zero-order valence-electron chi connectivity index (χ0n) is 15.0. The number of hydroxylamine groups is 2. The number of aromatic nitrogens is 1. The van der Waals surface area contributed by atoms with E-state index in [1.807, 2.05) is 18.3 Å². The van der Waals surface area contributed by atoms with Gasteiger partial charge in [-0.3, -0.25) is 0 Å². The molecule has 9 heteroatoms. The third-order valence-corrected chi connectivity index (χ3v) is 4.96. The zero-order chi connectivity index (χ0) is 20.6. The number of aromatic amines is 1. The first-order chi connectivity index (χ1) is 13.8. The first-order valence-corrected chi connectivity index (χ1v) is 9.25. The molecule has 1 aliphatic heterocycles. The number of nitrogens with one attached hydrogen (secondary N) is 1. The van der Waals surface area contributed by atoms with Crippen molar-refractivity contribution in [1.29, 1.82) is 0 Å². The van der Waals surface area contributed by atoms with Gasteiger partial charge in [0, 0.05) is 28.5 Å². The normalized spacial score (nSPS) is 16.9. The molecule has 4 rings (SSSR count). The second-order valence-electron chi connectivity index (χ2n) is 6.72. The molecule has 1 aliphatic rings. The van der Waals surface area contributed by atoms with Gasteiger partial charge in [-0.15, -0.1) is 0 Å². The highest BCUT2D eigenvalue weighted by Crippen LogP contribution is 2.33. The lowest BCUT2D eigenvalue weighted by atomic mass is 10.0. The molecule has 1 N–H and O–H groups in total. The Balaban J connectivity index is 1.39. The Morgan fingerprint density at radius 1 is 1.14 bits per heavy atom. The molecule has 0 amide bonds. The summed E-state index contributed by atoms with van der Waals surface area (Å²) in [5, 5.41) is 3.13. The second kappa shape index (κ2) is 7.68. The predicted molar refractivity (Wildman–Crippen MR) is 102 cm³/mol. The van der Waals surface area contributed by atoms with Crippen molar-refractivity contribution in [3.05, 3.63) is 70.1 Å². The summed E-state index contributed by atoms with van der Waals surface area (Å²) in [6, 6.07) is 8.19. The van der Waals surface area contributed by atoms with Crippen LogP contribution in [0.3, 0.4) is 0 Å². The third-order valence-electron chi connectivity index (χ3n) is 4.72. The number of aliphatic imine (C=N–C) groups is 1. The van der Waals surface area contributed by atoms with Crippen molar-refractivity contribution >= 4 is 28.8 Å². The number of hydrogen-bond acceptors (Lipinski definition) is 3. The van der Waals surface area contributed by atoms with Crippen LogP contribution in [0.4, 0.5) is 17.6 Å². The number of H-pyrrole nitrogens is 1. The Morgan fingerprint density at radius 3 is 2.76 bits per heavy atom. The Hall–Kier alpha value is -2.58. The monoisotopic (exact) mass is 425 g/mol. The van der Waals surface area contributed by atoms with E-state index in [4.69, 9.17) is 16.4 Å². The molecule has 29 heavy (non-hydrogen) atoms. The van der Waals surface area contributed by atoms with E-state index in [0.29, 0.717) is 24.1 Å². The quantitative estimate of drug-likeness (QED) is 0.559. The maximum atomic E-state index is 13.2. The minimum atomic E-state index is -4.64. The van der Waals surface area contributed by atoms with Crippen molar-refractivity contribution in [3.63, 3.8) is 0 Å². The lowest BCUT2D eigenvalue weighted by molar-refractivity contribution is -0.139. The van der Waals surface area contributed by atoms with Crippen molar-refractivity contribution in [1.82, 2.24) is 10.0 Å². The average Bonchev–Trinajstić information content (AvgIpc) is 3.27. The van der Waals surface area contributed by atoms with Gasteiger partial charge in [0.05, 0.1) is 12.1 Å². The standard InChI is InChI=1S/C20H16ClF4N3O/c21-14-2-4-18-16(8-14)13(10-26-18)5-6-28-11-27-19(29-28)7-12-1-3-15(22)9-17(12)20(23,24)25/h1-4,8-11,19,26H,5-7H2. The predicted octanol–water partition coefficient (Wildman–Crippen LogP) is 5.37. The summed E-state index contributed by atoms with van der Waals surface area (Å²) in [6.07, 6.45) is -1.56. The van der Waals surface area contributed by atoms with Crippen LogP contribution < -0.4 is 0 Å². The molecule has 0 fully saturated rings. The molecule has 4 nitrogen and oxygen atoms in total. The summed E-state index contributed by atoms with van der Waals surface area (Å²) in [7, 11) is 0. The molecule has 0 aliphatic carbocycles. The van der Waals surface area contributed by atoms with E-state index in [-0.39, 0.29) is 12.0 Å². The number of halogens is 5. The van der Waals surface area contributed by atoms with Gasteiger partial charge in [0.25, 0.3) is 0 Å². The maximum Gasteiger partial charge on any atom is 0.416 e. The third kappa shape index (κ3) is 4.38. The van der Waals surface area contributed by atoms with Gasteiger partial charge in [-0.2, -0.15) is 13.2 Å². The smallest absolute Gasteiger partial charge is 0.361 e. The highest BCUT2D eigenvalue weighted by atomic mass is 35.5. The molecular weight excluding hydrogens is 410 g/mol. The molecule has 1 unspecified atom stereocenters. The molecule has 2 aromatic carbocycles. The highest BCUT2D eigenvalue weighted by Gasteiger charge is 2.35. The van der Waals surface area contributed by atoms with Crippen LogP contribution in [0.1, 0.15) is 16.7 Å². The molecule has 0 saturated carbocycles. The van der Waals surface area contributed by atoms with E-state index in [0.717, 1.165) is 28.6 Å². The van der Waals surface area contributed by atoms with Crippen molar-refractivity contribution in [2.75, 3.05) is 6.54 Å². The van der Waals surface area contributed by atoms with Gasteiger partial charge in [-0.1, -0.05) is 17.7 Å². The van der Waals surface area contributed by atoms with E-state index in [2.05, 4.69) is 9.98 Å². The van der Waals surface area contributed by atoms with Crippen LogP contribution in [-0.4, -0.2) is 29.2 Å². The molecule has 1 atom stereocenters. The molecule has 0 spiro atoms. The van der Waals surface area contributed by atoms with Crippen molar-refractivity contribution < 1.29 is 22.4 Å². The molecule has 0 saturated heterocycles. The minimum absolute atomic E-state index is 0.0610. The van der Waals surface area contributed by atoms with Crippen molar-refractivity contribution in [2.24, 2.45) is 4.99 Å². The van der Waals surface area contributed by atoms with Gasteiger partial charge >= 0.3 is 6.18 Å². The fourth-order valence-corrected chi connectivity index (χ4v) is 3.50. The van der Waals surface area contributed by atoms with Gasteiger partial charge in [-0.25, -0.2) is 19.3 Å². The summed E-state index contributed by atoms with van der Waals surface area (Å²) >= 11 is 6.05. The van der Waals surface area contributed by atoms with E-state index in [1.54, 1.807) is 6.07 Å². The maximum absolute atomic E-state index is 13.2. The Labute approximate surface area is 168 Å². The summed E-state index contributed by atoms with van der Waals surface area (Å²) < 4.78 is 52.7. The average molecular weight is 426 g/mol. The van der Waals surface area contributed by atoms with Crippen LogP contribution in [0.15, 0.2) is 47.6 Å². The first-order valence-electron chi connectivity index (χ1n) is 8.87. The van der Waals surface area contributed by atoms with Gasteiger partial charge in [0.1, 0.15) is 12.2 Å². The fourth-order valence-electron chi connectivity index (χ4n) is 3.33. The Morgan fingerprint density at radius 2 is 1.97 bits per heavy atom. The van der Waals surface area contributed by atoms with Crippen LogP contribution in [0.25, 0.3) is 10.9 Å². The van der Waals surface area contributed by atoms with Gasteiger partial charge in [-0.05, 0) is 47.9 Å². The molecule has 0 radical (unpaired) electrons. The van der Waals surface area contributed by atoms with Gasteiger partial charge in [0.2, 0.25) is 0 Å². The van der Waals surface area contributed by atoms with Crippen LogP contribution in [0.5, 0.6) is 0 Å². The number of benzene rings is 2. The number of alkyl halides is 3. The SMILES string of the molecule is Fc1ccc(CC2N=CN(CCc3c[nH]c4ccc(Cl)cc34)O2)c(C(F)(F)F)c1. The molecule has 2 heterocycles. The summed E-state index contributed by atoms with van der Waals surface area (Å²) in [5.41, 5.74) is 0.940. The Kier molecular flexibility index (Phi) is 5.23. The highest BCUT2D eigenvalue weighted by molar-refractivity contribution is 6.31. The summed E-state index contributed by atoms with van der Waals surface area (Å²) in [6.45, 7) is 0.467. The minimum Gasteiger partial charge on any atom is -0.361 e. The number of rotatable bonds is 5.